The fourth-order valence-electron chi connectivity index (χ4n) is 2.25. The molecule has 2 aromatic carbocycles. The lowest BCUT2D eigenvalue weighted by Crippen LogP contribution is -2.22. The summed E-state index contributed by atoms with van der Waals surface area (Å²) in [5, 5.41) is 14.5. The number of rotatable bonds is 7. The molecule has 3 aromatic rings. The number of hydrogen-bond donors (Lipinski definition) is 1. The number of hydrogen-bond acceptors (Lipinski definition) is 6. The lowest BCUT2D eigenvalue weighted by molar-refractivity contribution is -0.115. The first-order valence-corrected chi connectivity index (χ1v) is 9.19. The highest BCUT2D eigenvalue weighted by Crippen LogP contribution is 2.25. The van der Waals surface area contributed by atoms with Gasteiger partial charge in [0.2, 0.25) is 11.1 Å². The third-order valence-corrected chi connectivity index (χ3v) is 4.63. The molecule has 140 valence electrons. The maximum atomic E-state index is 13.0. The Kier molecular flexibility index (Phi) is 6.02. The third-order valence-electron chi connectivity index (χ3n) is 3.60. The molecule has 7 nitrogen and oxygen atoms in total. The number of amides is 1. The summed E-state index contributed by atoms with van der Waals surface area (Å²) in [5.41, 5.74) is 1.29. The lowest BCUT2D eigenvalue weighted by Gasteiger charge is -2.12. The van der Waals surface area contributed by atoms with Gasteiger partial charge in [0, 0.05) is 5.69 Å². The van der Waals surface area contributed by atoms with Crippen molar-refractivity contribution in [3.05, 3.63) is 54.3 Å². The largest absolute Gasteiger partial charge is 0.494 e. The van der Waals surface area contributed by atoms with Crippen molar-refractivity contribution in [1.29, 1.82) is 0 Å². The van der Waals surface area contributed by atoms with Crippen LogP contribution < -0.4 is 10.1 Å². The fraction of sp³-hybridized carbons (Fsp3) is 0.222. The molecule has 1 N–H and O–H groups in total. The molecule has 27 heavy (non-hydrogen) atoms. The minimum absolute atomic E-state index is 0.229. The number of benzene rings is 2. The van der Waals surface area contributed by atoms with Crippen LogP contribution in [0.25, 0.3) is 5.69 Å². The number of halogens is 1. The van der Waals surface area contributed by atoms with Crippen LogP contribution in [-0.4, -0.2) is 38.0 Å². The fourth-order valence-corrected chi connectivity index (χ4v) is 3.06. The van der Waals surface area contributed by atoms with Crippen LogP contribution in [0.2, 0.25) is 0 Å². The zero-order valence-electron chi connectivity index (χ0n) is 14.8. The van der Waals surface area contributed by atoms with Crippen molar-refractivity contribution < 1.29 is 13.9 Å². The van der Waals surface area contributed by atoms with Gasteiger partial charge in [0.15, 0.2) is 0 Å². The number of carbonyl (C=O) groups excluding carboxylic acids is 1. The van der Waals surface area contributed by atoms with Gasteiger partial charge in [-0.15, -0.1) is 5.10 Å². The van der Waals surface area contributed by atoms with Crippen LogP contribution in [0, 0.1) is 5.82 Å². The lowest BCUT2D eigenvalue weighted by atomic mass is 10.3. The maximum absolute atomic E-state index is 13.0. The van der Waals surface area contributed by atoms with Crippen molar-refractivity contribution in [2.45, 2.75) is 24.3 Å². The Bertz CT molecular complexity index is 899. The molecule has 0 aliphatic carbocycles. The summed E-state index contributed by atoms with van der Waals surface area (Å²) in [6, 6.07) is 12.9. The van der Waals surface area contributed by atoms with Gasteiger partial charge in [-0.1, -0.05) is 11.8 Å². The molecule has 0 aliphatic heterocycles. The molecular weight excluding hydrogens is 369 g/mol. The minimum atomic E-state index is -0.456. The highest BCUT2D eigenvalue weighted by Gasteiger charge is 2.19. The van der Waals surface area contributed by atoms with Crippen LogP contribution >= 0.6 is 11.8 Å². The van der Waals surface area contributed by atoms with E-state index in [1.807, 2.05) is 31.2 Å². The third kappa shape index (κ3) is 4.82. The second-order valence-corrected chi connectivity index (χ2v) is 6.86. The van der Waals surface area contributed by atoms with Crippen LogP contribution in [0.5, 0.6) is 5.75 Å². The van der Waals surface area contributed by atoms with Gasteiger partial charge >= 0.3 is 0 Å². The first kappa shape index (κ1) is 18.8. The molecule has 1 unspecified atom stereocenters. The van der Waals surface area contributed by atoms with Gasteiger partial charge in [-0.2, -0.15) is 4.68 Å². The Hall–Kier alpha value is -2.94. The number of ether oxygens (including phenoxy) is 1. The van der Waals surface area contributed by atoms with Gasteiger partial charge in [-0.05, 0) is 72.8 Å². The van der Waals surface area contributed by atoms with Gasteiger partial charge < -0.3 is 10.1 Å². The molecule has 1 amide bonds. The Morgan fingerprint density at radius 2 is 1.93 bits per heavy atom. The highest BCUT2D eigenvalue weighted by atomic mass is 32.2. The van der Waals surface area contributed by atoms with Crippen molar-refractivity contribution in [2.75, 3.05) is 11.9 Å². The smallest absolute Gasteiger partial charge is 0.237 e. The van der Waals surface area contributed by atoms with E-state index in [-0.39, 0.29) is 11.7 Å². The maximum Gasteiger partial charge on any atom is 0.237 e. The zero-order chi connectivity index (χ0) is 19.2. The molecule has 0 spiro atoms. The van der Waals surface area contributed by atoms with E-state index < -0.39 is 5.25 Å². The first-order chi connectivity index (χ1) is 13.1. The molecule has 3 rings (SSSR count). The Balaban J connectivity index is 1.68. The van der Waals surface area contributed by atoms with Crippen molar-refractivity contribution >= 4 is 23.4 Å². The number of tetrazole rings is 1. The van der Waals surface area contributed by atoms with Gasteiger partial charge in [-0.25, -0.2) is 4.39 Å². The predicted octanol–water partition coefficient (Wildman–Crippen LogP) is 3.32. The van der Waals surface area contributed by atoms with Gasteiger partial charge in [0.1, 0.15) is 11.6 Å². The first-order valence-electron chi connectivity index (χ1n) is 8.31. The van der Waals surface area contributed by atoms with E-state index in [1.165, 1.54) is 36.0 Å². The topological polar surface area (TPSA) is 81.9 Å². The summed E-state index contributed by atoms with van der Waals surface area (Å²) >= 11 is 1.23. The van der Waals surface area contributed by atoms with Gasteiger partial charge in [0.25, 0.3) is 0 Å². The number of anilines is 1. The van der Waals surface area contributed by atoms with Crippen LogP contribution in [0.15, 0.2) is 53.7 Å². The Morgan fingerprint density at radius 1 is 1.22 bits per heavy atom. The Labute approximate surface area is 159 Å². The summed E-state index contributed by atoms with van der Waals surface area (Å²) in [6.45, 7) is 4.26. The normalized spacial score (nSPS) is 11.8. The van der Waals surface area contributed by atoms with E-state index in [9.17, 15) is 9.18 Å². The van der Waals surface area contributed by atoms with E-state index in [2.05, 4.69) is 20.8 Å². The Morgan fingerprint density at radius 3 is 2.59 bits per heavy atom. The summed E-state index contributed by atoms with van der Waals surface area (Å²) in [6.07, 6.45) is 0. The molecular formula is C18H18FN5O2S. The van der Waals surface area contributed by atoms with Crippen molar-refractivity contribution in [2.24, 2.45) is 0 Å². The molecule has 0 bridgehead atoms. The molecule has 0 saturated carbocycles. The zero-order valence-corrected chi connectivity index (χ0v) is 15.6. The summed E-state index contributed by atoms with van der Waals surface area (Å²) in [7, 11) is 0. The number of carbonyl (C=O) groups is 1. The molecule has 9 heteroatoms. The minimum Gasteiger partial charge on any atom is -0.494 e. The van der Waals surface area contributed by atoms with E-state index in [1.54, 1.807) is 11.6 Å². The average Bonchev–Trinajstić information content (AvgIpc) is 3.12. The van der Waals surface area contributed by atoms with Crippen LogP contribution in [0.3, 0.4) is 0 Å². The molecule has 0 radical (unpaired) electrons. The van der Waals surface area contributed by atoms with E-state index in [4.69, 9.17) is 4.74 Å². The highest BCUT2D eigenvalue weighted by molar-refractivity contribution is 8.00. The SMILES string of the molecule is CCOc1ccc(-n2nnnc2SC(C)C(=O)Nc2ccc(F)cc2)cc1. The number of nitrogens with zero attached hydrogens (tertiary/aromatic N) is 4. The van der Waals surface area contributed by atoms with Gasteiger partial charge in [0.05, 0.1) is 17.5 Å². The van der Waals surface area contributed by atoms with Crippen LogP contribution in [0.4, 0.5) is 10.1 Å². The second kappa shape index (κ2) is 8.63. The number of thioether (sulfide) groups is 1. The summed E-state index contributed by atoms with van der Waals surface area (Å²) < 4.78 is 19.9. The molecule has 1 aromatic heterocycles. The van der Waals surface area contributed by atoms with Crippen molar-refractivity contribution in [3.63, 3.8) is 0 Å². The molecule has 1 heterocycles. The summed E-state index contributed by atoms with van der Waals surface area (Å²) in [5.74, 6) is 0.174. The molecule has 0 saturated heterocycles. The molecule has 0 fully saturated rings. The second-order valence-electron chi connectivity index (χ2n) is 5.56. The average molecular weight is 387 g/mol. The monoisotopic (exact) mass is 387 g/mol. The van der Waals surface area contributed by atoms with Crippen molar-refractivity contribution in [3.8, 4) is 11.4 Å². The molecule has 1 atom stereocenters. The molecule has 0 aliphatic rings. The van der Waals surface area contributed by atoms with E-state index in [0.29, 0.717) is 17.5 Å². The van der Waals surface area contributed by atoms with E-state index >= 15 is 0 Å². The predicted molar refractivity (Wildman–Crippen MR) is 101 cm³/mol. The standard InChI is InChI=1S/C18H18FN5O2S/c1-3-26-16-10-8-15(9-11-16)24-18(21-22-23-24)27-12(2)17(25)20-14-6-4-13(19)5-7-14/h4-12H,3H2,1-2H3,(H,20,25). The number of nitrogens with one attached hydrogen (secondary N) is 1. The van der Waals surface area contributed by atoms with Gasteiger partial charge in [-0.3, -0.25) is 4.79 Å². The van der Waals surface area contributed by atoms with Crippen molar-refractivity contribution in [1.82, 2.24) is 20.2 Å². The van der Waals surface area contributed by atoms with Crippen LogP contribution in [-0.2, 0) is 4.79 Å². The quantitative estimate of drug-likeness (QED) is 0.627. The van der Waals surface area contributed by atoms with E-state index in [0.717, 1.165) is 11.4 Å². The summed E-state index contributed by atoms with van der Waals surface area (Å²) in [4.78, 5) is 12.4. The van der Waals surface area contributed by atoms with Crippen LogP contribution in [0.1, 0.15) is 13.8 Å². The number of aromatic nitrogens is 4.